The Kier molecular flexibility index (Phi) is 8.61. The summed E-state index contributed by atoms with van der Waals surface area (Å²) >= 11 is 0. The molecule has 0 saturated carbocycles. The summed E-state index contributed by atoms with van der Waals surface area (Å²) in [6.45, 7) is 9.15. The van der Waals surface area contributed by atoms with Gasteiger partial charge in [0.25, 0.3) is 0 Å². The van der Waals surface area contributed by atoms with Gasteiger partial charge in [-0.1, -0.05) is 77.0 Å². The van der Waals surface area contributed by atoms with Crippen LogP contribution in [0.1, 0.15) is 50.3 Å². The van der Waals surface area contributed by atoms with Gasteiger partial charge in [0.15, 0.2) is 6.79 Å². The molecule has 0 aliphatic rings. The lowest BCUT2D eigenvalue weighted by atomic mass is 9.92. The van der Waals surface area contributed by atoms with Crippen LogP contribution < -0.4 is 10.0 Å². The fraction of sp³-hybridized carbons (Fsp3) is 0.321. The van der Waals surface area contributed by atoms with Gasteiger partial charge in [-0.3, -0.25) is 4.99 Å². The normalized spacial score (nSPS) is 12.5. The zero-order valence-corrected chi connectivity index (χ0v) is 20.8. The van der Waals surface area contributed by atoms with E-state index in [9.17, 15) is 0 Å². The Hall–Kier alpha value is -2.48. The van der Waals surface area contributed by atoms with Crippen LogP contribution in [0.3, 0.4) is 0 Å². The van der Waals surface area contributed by atoms with Gasteiger partial charge in [-0.25, -0.2) is 0 Å². The molecule has 0 aliphatic carbocycles. The van der Waals surface area contributed by atoms with Gasteiger partial charge in [-0.15, -0.1) is 0 Å². The maximum absolute atomic E-state index is 5.98. The predicted octanol–water partition coefficient (Wildman–Crippen LogP) is 7.14. The second-order valence-corrected chi connectivity index (χ2v) is 9.70. The van der Waals surface area contributed by atoms with Crippen molar-refractivity contribution in [3.8, 4) is 5.75 Å². The van der Waals surface area contributed by atoms with Crippen LogP contribution >= 0.6 is 8.58 Å². The quantitative estimate of drug-likeness (QED) is 0.188. The first kappa shape index (κ1) is 24.2. The summed E-state index contributed by atoms with van der Waals surface area (Å²) in [7, 11) is 2.25. The van der Waals surface area contributed by atoms with Gasteiger partial charge in [0, 0.05) is 29.1 Å². The highest BCUT2D eigenvalue weighted by atomic mass is 31.1. The molecular formula is C28H34NO2P. The molecule has 1 atom stereocenters. The molecule has 168 valence electrons. The van der Waals surface area contributed by atoms with Crippen molar-refractivity contribution < 1.29 is 9.47 Å². The third-order valence-electron chi connectivity index (χ3n) is 6.02. The number of rotatable bonds is 10. The SMILES string of the molecule is CCC(CC)(Pc1c(C)cccc1C(C)=Nc1ccccc1)c1ccccc1OCOC. The molecule has 0 bridgehead atoms. The van der Waals surface area contributed by atoms with Gasteiger partial charge in [0.2, 0.25) is 0 Å². The van der Waals surface area contributed by atoms with Crippen LogP contribution in [0.25, 0.3) is 0 Å². The summed E-state index contributed by atoms with van der Waals surface area (Å²) in [5.74, 6) is 0.912. The molecule has 3 aromatic rings. The third-order valence-corrected chi connectivity index (χ3v) is 8.39. The number of ether oxygens (including phenoxy) is 2. The molecule has 0 aromatic heterocycles. The van der Waals surface area contributed by atoms with E-state index in [1.54, 1.807) is 7.11 Å². The number of hydrogen-bond acceptors (Lipinski definition) is 3. The average Bonchev–Trinajstić information content (AvgIpc) is 2.83. The van der Waals surface area contributed by atoms with Crippen LogP contribution in [-0.4, -0.2) is 19.6 Å². The lowest BCUT2D eigenvalue weighted by molar-refractivity contribution is 0.0499. The summed E-state index contributed by atoms with van der Waals surface area (Å²) in [4.78, 5) is 4.92. The Morgan fingerprint density at radius 2 is 1.59 bits per heavy atom. The summed E-state index contributed by atoms with van der Waals surface area (Å²) in [6, 6.07) is 25.1. The first-order valence-electron chi connectivity index (χ1n) is 11.2. The topological polar surface area (TPSA) is 30.8 Å². The number of methoxy groups -OCH3 is 1. The standard InChI is InChI=1S/C28H34NO2P/c1-6-28(7-2,25-18-11-12-19-26(25)31-20-30-5)32-27-21(3)14-13-17-24(27)22(4)29-23-15-9-8-10-16-23/h8-19,32H,6-7,20H2,1-5H3. The van der Waals surface area contributed by atoms with E-state index in [4.69, 9.17) is 14.5 Å². The molecule has 3 nitrogen and oxygen atoms in total. The van der Waals surface area contributed by atoms with E-state index < -0.39 is 0 Å². The van der Waals surface area contributed by atoms with Gasteiger partial charge in [0.05, 0.1) is 5.69 Å². The number of benzene rings is 3. The van der Waals surface area contributed by atoms with Crippen molar-refractivity contribution in [1.29, 1.82) is 0 Å². The Labute approximate surface area is 194 Å². The van der Waals surface area contributed by atoms with Crippen molar-refractivity contribution in [2.75, 3.05) is 13.9 Å². The summed E-state index contributed by atoms with van der Waals surface area (Å²) in [5.41, 5.74) is 5.83. The molecule has 4 heteroatoms. The van der Waals surface area contributed by atoms with Crippen molar-refractivity contribution in [2.24, 2.45) is 4.99 Å². The zero-order chi connectivity index (χ0) is 23.0. The maximum atomic E-state index is 5.98. The van der Waals surface area contributed by atoms with Gasteiger partial charge >= 0.3 is 0 Å². The highest BCUT2D eigenvalue weighted by Gasteiger charge is 2.33. The minimum atomic E-state index is -0.0156. The second kappa shape index (κ2) is 11.4. The molecule has 0 amide bonds. The number of aliphatic imine (C=N–C) groups is 1. The zero-order valence-electron chi connectivity index (χ0n) is 19.8. The van der Waals surface area contributed by atoms with Crippen LogP contribution in [-0.2, 0) is 9.89 Å². The maximum Gasteiger partial charge on any atom is 0.188 e. The van der Waals surface area contributed by atoms with Gasteiger partial charge in [-0.05, 0) is 55.8 Å². The Morgan fingerprint density at radius 1 is 0.906 bits per heavy atom. The summed E-state index contributed by atoms with van der Waals surface area (Å²) in [6.07, 6.45) is 2.05. The monoisotopic (exact) mass is 447 g/mol. The van der Waals surface area contributed by atoms with E-state index in [-0.39, 0.29) is 11.9 Å². The van der Waals surface area contributed by atoms with Gasteiger partial charge < -0.3 is 9.47 Å². The number of aryl methyl sites for hydroxylation is 1. The second-order valence-electron chi connectivity index (χ2n) is 7.99. The largest absolute Gasteiger partial charge is 0.467 e. The van der Waals surface area contributed by atoms with E-state index in [2.05, 4.69) is 64.1 Å². The molecule has 3 rings (SSSR count). The van der Waals surface area contributed by atoms with Crippen molar-refractivity contribution in [2.45, 2.75) is 45.7 Å². The fourth-order valence-corrected chi connectivity index (χ4v) is 5.97. The molecular weight excluding hydrogens is 413 g/mol. The van der Waals surface area contributed by atoms with E-state index >= 15 is 0 Å². The molecule has 0 aliphatic heterocycles. The lowest BCUT2D eigenvalue weighted by Gasteiger charge is -2.35. The highest BCUT2D eigenvalue weighted by Crippen LogP contribution is 2.50. The van der Waals surface area contributed by atoms with E-state index in [1.807, 2.05) is 36.4 Å². The molecule has 0 N–H and O–H groups in total. The van der Waals surface area contributed by atoms with Crippen LogP contribution in [0.4, 0.5) is 5.69 Å². The lowest BCUT2D eigenvalue weighted by Crippen LogP contribution is -2.26. The number of para-hydroxylation sites is 2. The van der Waals surface area contributed by atoms with Crippen LogP contribution in [0.5, 0.6) is 5.75 Å². The Bertz CT molecular complexity index is 1040. The van der Waals surface area contributed by atoms with Crippen molar-refractivity contribution in [3.63, 3.8) is 0 Å². The highest BCUT2D eigenvalue weighted by molar-refractivity contribution is 7.49. The minimum absolute atomic E-state index is 0.0156. The number of hydrogen-bond donors (Lipinski definition) is 0. The molecule has 0 radical (unpaired) electrons. The van der Waals surface area contributed by atoms with E-state index in [0.717, 1.165) is 30.0 Å². The molecule has 3 aromatic carbocycles. The van der Waals surface area contributed by atoms with Crippen LogP contribution in [0.15, 0.2) is 77.8 Å². The summed E-state index contributed by atoms with van der Waals surface area (Å²) in [5, 5.41) is 1.37. The van der Waals surface area contributed by atoms with E-state index in [1.165, 1.54) is 22.0 Å². The molecule has 0 heterocycles. The molecule has 32 heavy (non-hydrogen) atoms. The fourth-order valence-electron chi connectivity index (χ4n) is 4.12. The van der Waals surface area contributed by atoms with Gasteiger partial charge in [0.1, 0.15) is 5.75 Å². The van der Waals surface area contributed by atoms with Crippen molar-refractivity contribution in [3.05, 3.63) is 89.5 Å². The molecule has 0 fully saturated rings. The Balaban J connectivity index is 2.07. The number of nitrogens with zero attached hydrogens (tertiary/aromatic N) is 1. The first-order valence-corrected chi connectivity index (χ1v) is 12.2. The van der Waals surface area contributed by atoms with Crippen molar-refractivity contribution in [1.82, 2.24) is 0 Å². The predicted molar refractivity (Wildman–Crippen MR) is 139 cm³/mol. The average molecular weight is 448 g/mol. The van der Waals surface area contributed by atoms with Crippen LogP contribution in [0, 0.1) is 6.92 Å². The Morgan fingerprint density at radius 3 is 2.28 bits per heavy atom. The minimum Gasteiger partial charge on any atom is -0.467 e. The summed E-state index contributed by atoms with van der Waals surface area (Å²) < 4.78 is 11.2. The molecule has 0 spiro atoms. The molecule has 0 saturated heterocycles. The first-order chi connectivity index (χ1) is 15.5. The molecule has 1 unspecified atom stereocenters. The van der Waals surface area contributed by atoms with E-state index in [0.29, 0.717) is 8.58 Å². The van der Waals surface area contributed by atoms with Crippen molar-refractivity contribution >= 4 is 25.3 Å². The van der Waals surface area contributed by atoms with Crippen LogP contribution in [0.2, 0.25) is 0 Å². The smallest absolute Gasteiger partial charge is 0.188 e. The third kappa shape index (κ3) is 5.46. The van der Waals surface area contributed by atoms with Gasteiger partial charge in [-0.2, -0.15) is 0 Å².